The minimum absolute atomic E-state index is 0.0898. The minimum atomic E-state index is -0.202. The number of benzene rings is 1. The summed E-state index contributed by atoms with van der Waals surface area (Å²) in [6.07, 6.45) is 5.72. The molecule has 5 atom stereocenters. The Hall–Kier alpha value is -2.04. The van der Waals surface area contributed by atoms with Gasteiger partial charge in [0.25, 0.3) is 0 Å². The molecule has 0 radical (unpaired) electrons. The van der Waals surface area contributed by atoms with Crippen LogP contribution in [0.15, 0.2) is 18.3 Å². The minimum Gasteiger partial charge on any atom is -0.464 e. The molecule has 5 rings (SSSR count). The number of esters is 1. The van der Waals surface area contributed by atoms with Gasteiger partial charge < -0.3 is 10.1 Å². The standard InChI is InChI=1S/C18H21N3O2/c1-2-23-18(22)17-15-10-4-3-9(7-10)14(15)16-11-8-19-21-12(11)5-6-13(16)20-17/h5-6,8-10,14-15,17,20H,2-4,7H2,1H3,(H,19,21). The third-order valence-electron chi connectivity index (χ3n) is 6.22. The summed E-state index contributed by atoms with van der Waals surface area (Å²) in [5, 5.41) is 12.0. The van der Waals surface area contributed by atoms with Crippen LogP contribution < -0.4 is 5.32 Å². The van der Waals surface area contributed by atoms with Gasteiger partial charge in [-0.2, -0.15) is 5.10 Å². The van der Waals surface area contributed by atoms with Crippen LogP contribution in [-0.4, -0.2) is 28.8 Å². The van der Waals surface area contributed by atoms with Crippen molar-refractivity contribution in [1.29, 1.82) is 0 Å². The maximum Gasteiger partial charge on any atom is 0.328 e. The zero-order valence-electron chi connectivity index (χ0n) is 13.2. The van der Waals surface area contributed by atoms with Gasteiger partial charge in [0.05, 0.1) is 18.3 Å². The van der Waals surface area contributed by atoms with Gasteiger partial charge in [-0.25, -0.2) is 4.79 Å². The Balaban J connectivity index is 1.67. The number of nitrogens with one attached hydrogen (secondary N) is 2. The molecule has 2 N–H and O–H groups in total. The predicted octanol–water partition coefficient (Wildman–Crippen LogP) is 3.05. The molecule has 1 aliphatic heterocycles. The molecule has 2 saturated carbocycles. The predicted molar refractivity (Wildman–Crippen MR) is 87.2 cm³/mol. The summed E-state index contributed by atoms with van der Waals surface area (Å²) in [7, 11) is 0. The highest BCUT2D eigenvalue weighted by molar-refractivity contribution is 5.91. The van der Waals surface area contributed by atoms with Crippen molar-refractivity contribution in [1.82, 2.24) is 10.2 Å². The van der Waals surface area contributed by atoms with Crippen LogP contribution in [0.3, 0.4) is 0 Å². The summed E-state index contributed by atoms with van der Waals surface area (Å²) in [4.78, 5) is 12.5. The lowest BCUT2D eigenvalue weighted by Crippen LogP contribution is -2.46. The first-order valence-corrected chi connectivity index (χ1v) is 8.67. The number of aromatic nitrogens is 2. The molecule has 0 amide bonds. The lowest BCUT2D eigenvalue weighted by molar-refractivity contribution is -0.146. The van der Waals surface area contributed by atoms with Gasteiger partial charge in [-0.1, -0.05) is 0 Å². The Morgan fingerprint density at radius 1 is 1.35 bits per heavy atom. The second kappa shape index (κ2) is 4.73. The fourth-order valence-electron chi connectivity index (χ4n) is 5.48. The van der Waals surface area contributed by atoms with Crippen LogP contribution in [0.5, 0.6) is 0 Å². The van der Waals surface area contributed by atoms with Crippen LogP contribution in [0, 0.1) is 17.8 Å². The average molecular weight is 311 g/mol. The van der Waals surface area contributed by atoms with E-state index in [4.69, 9.17) is 4.74 Å². The highest BCUT2D eigenvalue weighted by atomic mass is 16.5. The van der Waals surface area contributed by atoms with E-state index in [-0.39, 0.29) is 12.0 Å². The highest BCUT2D eigenvalue weighted by Gasteiger charge is 2.56. The normalized spacial score (nSPS) is 34.0. The van der Waals surface area contributed by atoms with E-state index in [1.54, 1.807) is 0 Å². The van der Waals surface area contributed by atoms with Crippen LogP contribution in [-0.2, 0) is 9.53 Å². The van der Waals surface area contributed by atoms with Crippen LogP contribution >= 0.6 is 0 Å². The number of carbonyl (C=O) groups excluding carboxylic acids is 1. The highest BCUT2D eigenvalue weighted by Crippen LogP contribution is 2.61. The number of fused-ring (bicyclic) bond motifs is 9. The third kappa shape index (κ3) is 1.73. The molecule has 0 spiro atoms. The van der Waals surface area contributed by atoms with Gasteiger partial charge in [-0.05, 0) is 67.6 Å². The van der Waals surface area contributed by atoms with Crippen LogP contribution in [0.4, 0.5) is 5.69 Å². The first-order chi connectivity index (χ1) is 11.3. The average Bonchev–Trinajstić information content (AvgIpc) is 3.29. The van der Waals surface area contributed by atoms with E-state index < -0.39 is 0 Å². The number of rotatable bonds is 2. The van der Waals surface area contributed by atoms with Crippen LogP contribution in [0.25, 0.3) is 10.9 Å². The van der Waals surface area contributed by atoms with E-state index in [0.717, 1.165) is 11.2 Å². The molecule has 2 heterocycles. The molecule has 5 heteroatoms. The third-order valence-corrected chi connectivity index (χ3v) is 6.22. The molecule has 120 valence electrons. The Kier molecular flexibility index (Phi) is 2.75. The van der Waals surface area contributed by atoms with Crippen LogP contribution in [0.1, 0.15) is 37.7 Å². The summed E-state index contributed by atoms with van der Waals surface area (Å²) in [5.74, 6) is 2.07. The molecule has 2 fully saturated rings. The molecule has 23 heavy (non-hydrogen) atoms. The Labute approximate surface area is 134 Å². The fourth-order valence-corrected chi connectivity index (χ4v) is 5.48. The molecule has 0 saturated heterocycles. The molecular weight excluding hydrogens is 290 g/mol. The van der Waals surface area contributed by atoms with E-state index in [0.29, 0.717) is 30.3 Å². The van der Waals surface area contributed by atoms with Gasteiger partial charge in [-0.15, -0.1) is 0 Å². The zero-order chi connectivity index (χ0) is 15.6. The van der Waals surface area contributed by atoms with Gasteiger partial charge in [0, 0.05) is 11.1 Å². The Morgan fingerprint density at radius 2 is 2.22 bits per heavy atom. The lowest BCUT2D eigenvalue weighted by atomic mass is 9.68. The van der Waals surface area contributed by atoms with Gasteiger partial charge >= 0.3 is 5.97 Å². The maximum atomic E-state index is 12.5. The van der Waals surface area contributed by atoms with Crippen molar-refractivity contribution >= 4 is 22.6 Å². The molecule has 1 aromatic heterocycles. The largest absolute Gasteiger partial charge is 0.464 e. The smallest absolute Gasteiger partial charge is 0.328 e. The molecule has 5 unspecified atom stereocenters. The van der Waals surface area contributed by atoms with Crippen molar-refractivity contribution in [2.45, 2.75) is 38.1 Å². The number of carbonyl (C=O) groups is 1. The summed E-state index contributed by atoms with van der Waals surface area (Å²) in [6.45, 7) is 2.32. The van der Waals surface area contributed by atoms with E-state index in [9.17, 15) is 4.79 Å². The van der Waals surface area contributed by atoms with Gasteiger partial charge in [0.2, 0.25) is 0 Å². The first kappa shape index (κ1) is 13.4. The van der Waals surface area contributed by atoms with E-state index in [2.05, 4.69) is 21.6 Å². The number of anilines is 1. The number of ether oxygens (including phenoxy) is 1. The molecule has 2 aromatic rings. The second-order valence-electron chi connectivity index (χ2n) is 7.17. The topological polar surface area (TPSA) is 67.0 Å². The summed E-state index contributed by atoms with van der Waals surface area (Å²) < 4.78 is 5.36. The van der Waals surface area contributed by atoms with E-state index >= 15 is 0 Å². The number of hydrogen-bond acceptors (Lipinski definition) is 4. The molecule has 2 bridgehead atoms. The van der Waals surface area contributed by atoms with Gasteiger partial charge in [-0.3, -0.25) is 5.10 Å². The Bertz CT molecular complexity index is 784. The number of aromatic amines is 1. The zero-order valence-corrected chi connectivity index (χ0v) is 13.2. The number of H-pyrrole nitrogens is 1. The number of nitrogens with zero attached hydrogens (tertiary/aromatic N) is 1. The molecule has 1 aromatic carbocycles. The van der Waals surface area contributed by atoms with Crippen LogP contribution in [0.2, 0.25) is 0 Å². The van der Waals surface area contributed by atoms with Crippen molar-refractivity contribution in [3.05, 3.63) is 23.9 Å². The van der Waals surface area contributed by atoms with Crippen molar-refractivity contribution in [2.75, 3.05) is 11.9 Å². The Morgan fingerprint density at radius 3 is 3.09 bits per heavy atom. The summed E-state index contributed by atoms with van der Waals surface area (Å²) in [5.41, 5.74) is 3.54. The summed E-state index contributed by atoms with van der Waals surface area (Å²) >= 11 is 0. The van der Waals surface area contributed by atoms with Crippen molar-refractivity contribution in [3.8, 4) is 0 Å². The molecule has 5 nitrogen and oxygen atoms in total. The van der Waals surface area contributed by atoms with Crippen molar-refractivity contribution in [2.24, 2.45) is 17.8 Å². The van der Waals surface area contributed by atoms with Crippen molar-refractivity contribution in [3.63, 3.8) is 0 Å². The monoisotopic (exact) mass is 311 g/mol. The molecule has 3 aliphatic rings. The van der Waals surface area contributed by atoms with E-state index in [1.807, 2.05) is 19.2 Å². The fraction of sp³-hybridized carbons (Fsp3) is 0.556. The quantitative estimate of drug-likeness (QED) is 0.837. The maximum absolute atomic E-state index is 12.5. The molecule has 2 aliphatic carbocycles. The first-order valence-electron chi connectivity index (χ1n) is 8.67. The summed E-state index contributed by atoms with van der Waals surface area (Å²) in [6, 6.07) is 3.93. The SMILES string of the molecule is CCOC(=O)C1Nc2ccc3[nH]ncc3c2C2C3CCC(C3)C12. The van der Waals surface area contributed by atoms with Gasteiger partial charge in [0.1, 0.15) is 6.04 Å². The van der Waals surface area contributed by atoms with Crippen molar-refractivity contribution < 1.29 is 9.53 Å². The lowest BCUT2D eigenvalue weighted by Gasteiger charge is -2.42. The number of hydrogen-bond donors (Lipinski definition) is 2. The van der Waals surface area contributed by atoms with E-state index in [1.165, 1.54) is 30.2 Å². The van der Waals surface area contributed by atoms with Gasteiger partial charge in [0.15, 0.2) is 0 Å². The molecular formula is C18H21N3O2. The second-order valence-corrected chi connectivity index (χ2v) is 7.17.